The largest absolute Gasteiger partial charge is 0.339 e. The zero-order chi connectivity index (χ0) is 17.6. The Bertz CT molecular complexity index is 801. The van der Waals surface area contributed by atoms with Crippen molar-refractivity contribution in [2.24, 2.45) is 0 Å². The molecule has 3 heterocycles. The number of hydrogen-bond donors (Lipinski definition) is 1. The fourth-order valence-electron chi connectivity index (χ4n) is 3.40. The summed E-state index contributed by atoms with van der Waals surface area (Å²) in [6, 6.07) is 12.7. The van der Waals surface area contributed by atoms with Crippen LogP contribution in [0.1, 0.15) is 24.0 Å². The number of hydrogen-bond acceptors (Lipinski definition) is 5. The molecule has 6 nitrogen and oxygen atoms in total. The smallest absolute Gasteiger partial charge is 0.225 e. The molecule has 0 bridgehead atoms. The third-order valence-corrected chi connectivity index (χ3v) is 4.73. The molecule has 1 aliphatic rings. The summed E-state index contributed by atoms with van der Waals surface area (Å²) in [4.78, 5) is 11.0. The van der Waals surface area contributed by atoms with Crippen LogP contribution in [0, 0.1) is 0 Å². The van der Waals surface area contributed by atoms with E-state index in [1.54, 1.807) is 12.4 Å². The van der Waals surface area contributed by atoms with Crippen molar-refractivity contribution >= 4 is 5.95 Å². The number of anilines is 1. The van der Waals surface area contributed by atoms with Gasteiger partial charge in [-0.15, -0.1) is 0 Å². The minimum absolute atomic E-state index is 0.449. The van der Waals surface area contributed by atoms with Crippen LogP contribution in [-0.4, -0.2) is 38.9 Å². The molecule has 2 aromatic heterocycles. The number of aromatic nitrogens is 4. The number of rotatable bonds is 6. The zero-order valence-electron chi connectivity index (χ0n) is 14.8. The molecule has 26 heavy (non-hydrogen) atoms. The van der Waals surface area contributed by atoms with Crippen LogP contribution in [0.3, 0.4) is 0 Å². The molecule has 3 aromatic rings. The first-order valence-electron chi connectivity index (χ1n) is 9.17. The van der Waals surface area contributed by atoms with Gasteiger partial charge in [-0.2, -0.15) is 5.10 Å². The maximum Gasteiger partial charge on any atom is 0.225 e. The Morgan fingerprint density at radius 3 is 2.73 bits per heavy atom. The quantitative estimate of drug-likeness (QED) is 0.742. The minimum Gasteiger partial charge on any atom is -0.339 e. The van der Waals surface area contributed by atoms with Gasteiger partial charge >= 0.3 is 0 Å². The van der Waals surface area contributed by atoms with Gasteiger partial charge in [-0.3, -0.25) is 4.68 Å². The lowest BCUT2D eigenvalue weighted by atomic mass is 10.1. The van der Waals surface area contributed by atoms with Gasteiger partial charge in [0, 0.05) is 49.8 Å². The van der Waals surface area contributed by atoms with Gasteiger partial charge in [-0.1, -0.05) is 30.3 Å². The Kier molecular flexibility index (Phi) is 5.21. The van der Waals surface area contributed by atoms with Crippen molar-refractivity contribution in [2.75, 3.05) is 18.0 Å². The number of nitrogens with one attached hydrogen (secondary N) is 1. The molecule has 134 valence electrons. The van der Waals surface area contributed by atoms with Crippen LogP contribution in [0.4, 0.5) is 5.95 Å². The van der Waals surface area contributed by atoms with Crippen molar-refractivity contribution in [1.29, 1.82) is 0 Å². The molecule has 1 aromatic carbocycles. The summed E-state index contributed by atoms with van der Waals surface area (Å²) in [5.41, 5.74) is 2.48. The molecular formula is C20H24N6. The zero-order valence-corrected chi connectivity index (χ0v) is 14.8. The third kappa shape index (κ3) is 4.26. The molecular weight excluding hydrogens is 324 g/mol. The molecule has 1 N–H and O–H groups in total. The third-order valence-electron chi connectivity index (χ3n) is 4.73. The summed E-state index contributed by atoms with van der Waals surface area (Å²) >= 11 is 0. The number of nitrogens with zero attached hydrogens (tertiary/aromatic N) is 5. The topological polar surface area (TPSA) is 58.9 Å². The van der Waals surface area contributed by atoms with E-state index in [1.807, 2.05) is 23.0 Å². The lowest BCUT2D eigenvalue weighted by molar-refractivity contribution is 0.418. The van der Waals surface area contributed by atoms with Crippen LogP contribution < -0.4 is 10.2 Å². The van der Waals surface area contributed by atoms with Crippen LogP contribution in [-0.2, 0) is 13.1 Å². The Balaban J connectivity index is 1.30. The molecule has 6 heteroatoms. The van der Waals surface area contributed by atoms with Crippen molar-refractivity contribution < 1.29 is 0 Å². The summed E-state index contributed by atoms with van der Waals surface area (Å²) < 4.78 is 2.00. The summed E-state index contributed by atoms with van der Waals surface area (Å²) in [5, 5.41) is 8.15. The van der Waals surface area contributed by atoms with E-state index in [-0.39, 0.29) is 0 Å². The van der Waals surface area contributed by atoms with E-state index in [9.17, 15) is 0 Å². The van der Waals surface area contributed by atoms with Crippen molar-refractivity contribution in [2.45, 2.75) is 32.0 Å². The molecule has 0 saturated carbocycles. The van der Waals surface area contributed by atoms with Gasteiger partial charge in [0.05, 0.1) is 12.7 Å². The predicted octanol–water partition coefficient (Wildman–Crippen LogP) is 2.48. The number of benzene rings is 1. The lowest BCUT2D eigenvalue weighted by Crippen LogP contribution is -2.46. The van der Waals surface area contributed by atoms with Gasteiger partial charge in [-0.25, -0.2) is 9.97 Å². The second-order valence-corrected chi connectivity index (χ2v) is 6.75. The maximum absolute atomic E-state index is 4.48. The van der Waals surface area contributed by atoms with Crippen molar-refractivity contribution in [1.82, 2.24) is 25.1 Å². The van der Waals surface area contributed by atoms with Crippen molar-refractivity contribution in [3.8, 4) is 0 Å². The highest BCUT2D eigenvalue weighted by molar-refractivity contribution is 5.29. The molecule has 4 rings (SSSR count). The average Bonchev–Trinajstić information content (AvgIpc) is 3.15. The highest BCUT2D eigenvalue weighted by Crippen LogP contribution is 2.15. The fraction of sp³-hybridized carbons (Fsp3) is 0.350. The maximum atomic E-state index is 4.48. The van der Waals surface area contributed by atoms with Crippen molar-refractivity contribution in [3.63, 3.8) is 0 Å². The minimum atomic E-state index is 0.449. The highest BCUT2D eigenvalue weighted by atomic mass is 15.3. The molecule has 0 unspecified atom stereocenters. The summed E-state index contributed by atoms with van der Waals surface area (Å²) in [7, 11) is 0. The first kappa shape index (κ1) is 16.7. The Hall–Kier alpha value is -2.73. The standard InChI is InChI=1S/C20H24N6/c1-2-6-17(7-3-1)14-26-15-18(13-24-26)12-23-19-8-4-11-25(16-19)20-21-9-5-10-22-20/h1-3,5-7,9-10,13,15,19,23H,4,8,11-12,14,16H2/t19-/m1/s1. The molecule has 0 aliphatic carbocycles. The van der Waals surface area contributed by atoms with Gasteiger partial charge in [-0.05, 0) is 24.5 Å². The van der Waals surface area contributed by atoms with Gasteiger partial charge in [0.1, 0.15) is 0 Å². The van der Waals surface area contributed by atoms with Crippen molar-refractivity contribution in [3.05, 3.63) is 72.3 Å². The summed E-state index contributed by atoms with van der Waals surface area (Å²) in [6.45, 7) is 3.62. The normalized spacial score (nSPS) is 17.4. The molecule has 0 radical (unpaired) electrons. The Labute approximate surface area is 153 Å². The summed E-state index contributed by atoms with van der Waals surface area (Å²) in [6.07, 6.45) is 10.0. The average molecular weight is 348 g/mol. The van der Waals surface area contributed by atoms with E-state index >= 15 is 0 Å². The predicted molar refractivity (Wildman–Crippen MR) is 102 cm³/mol. The van der Waals surface area contributed by atoms with E-state index in [1.165, 1.54) is 17.5 Å². The lowest BCUT2D eigenvalue weighted by Gasteiger charge is -2.33. The molecule has 0 amide bonds. The second-order valence-electron chi connectivity index (χ2n) is 6.75. The van der Waals surface area contributed by atoms with E-state index < -0.39 is 0 Å². The van der Waals surface area contributed by atoms with Gasteiger partial charge in [0.15, 0.2) is 0 Å². The van der Waals surface area contributed by atoms with Crippen LogP contribution in [0.15, 0.2) is 61.2 Å². The van der Waals surface area contributed by atoms with Crippen LogP contribution in [0.25, 0.3) is 0 Å². The van der Waals surface area contributed by atoms with Crippen LogP contribution in [0.5, 0.6) is 0 Å². The van der Waals surface area contributed by atoms with Gasteiger partial charge in [0.25, 0.3) is 0 Å². The van der Waals surface area contributed by atoms with E-state index in [2.05, 4.69) is 55.7 Å². The molecule has 0 spiro atoms. The van der Waals surface area contributed by atoms with Gasteiger partial charge < -0.3 is 10.2 Å². The first-order chi connectivity index (χ1) is 12.9. The molecule has 1 aliphatic heterocycles. The SMILES string of the molecule is c1ccc(Cn2cc(CN[C@@H]3CCCN(c4ncccn4)C3)cn2)cc1. The fourth-order valence-corrected chi connectivity index (χ4v) is 3.40. The van der Waals surface area contributed by atoms with E-state index in [4.69, 9.17) is 0 Å². The summed E-state index contributed by atoms with van der Waals surface area (Å²) in [5.74, 6) is 0.828. The highest BCUT2D eigenvalue weighted by Gasteiger charge is 2.21. The molecule has 1 fully saturated rings. The molecule has 1 atom stereocenters. The molecule has 1 saturated heterocycles. The van der Waals surface area contributed by atoms with E-state index in [0.717, 1.165) is 38.5 Å². The monoisotopic (exact) mass is 348 g/mol. The van der Waals surface area contributed by atoms with Gasteiger partial charge in [0.2, 0.25) is 5.95 Å². The van der Waals surface area contributed by atoms with Crippen LogP contribution >= 0.6 is 0 Å². The van der Waals surface area contributed by atoms with E-state index in [0.29, 0.717) is 6.04 Å². The number of piperidine rings is 1. The Morgan fingerprint density at radius 2 is 1.88 bits per heavy atom. The second kappa shape index (κ2) is 8.10. The van der Waals surface area contributed by atoms with Crippen LogP contribution in [0.2, 0.25) is 0 Å². The Morgan fingerprint density at radius 1 is 1.04 bits per heavy atom. The first-order valence-corrected chi connectivity index (χ1v) is 9.17.